The van der Waals surface area contributed by atoms with E-state index in [2.05, 4.69) is 27.4 Å². The van der Waals surface area contributed by atoms with Crippen LogP contribution in [0.4, 0.5) is 14.5 Å². The van der Waals surface area contributed by atoms with Crippen LogP contribution in [0.15, 0.2) is 23.3 Å². The van der Waals surface area contributed by atoms with Crippen LogP contribution in [-0.2, 0) is 0 Å². The van der Waals surface area contributed by atoms with Crippen LogP contribution in [0.3, 0.4) is 0 Å². The number of fused-ring (bicyclic) bond motifs is 1. The average molecular weight is 210 g/mol. The molecule has 1 aromatic heterocycles. The van der Waals surface area contributed by atoms with Gasteiger partial charge in [-0.1, -0.05) is 0 Å². The maximum atomic E-state index is 12.9. The number of H-pyrrole nitrogens is 1. The molecule has 0 bridgehead atoms. The predicted molar refractivity (Wildman–Crippen MR) is 52.9 cm³/mol. The fourth-order valence-electron chi connectivity index (χ4n) is 1.24. The third-order valence-electron chi connectivity index (χ3n) is 1.87. The van der Waals surface area contributed by atoms with Crippen LogP contribution in [0.2, 0.25) is 0 Å². The summed E-state index contributed by atoms with van der Waals surface area (Å²) in [6.45, 7) is 0. The number of benzene rings is 1. The number of hydrogen-bond donors (Lipinski definition) is 1. The van der Waals surface area contributed by atoms with E-state index < -0.39 is 11.6 Å². The molecule has 0 aliphatic carbocycles. The average Bonchev–Trinajstić information content (AvgIpc) is 2.51. The SMILES string of the molecule is Fc1cc2[nH]cc(N=C=S)c2cc1F. The van der Waals surface area contributed by atoms with Gasteiger partial charge in [-0.25, -0.2) is 8.78 Å². The number of aliphatic imine (C=N–C) groups is 1. The lowest BCUT2D eigenvalue weighted by Gasteiger charge is -1.93. The minimum Gasteiger partial charge on any atom is -0.359 e. The van der Waals surface area contributed by atoms with Gasteiger partial charge < -0.3 is 4.98 Å². The summed E-state index contributed by atoms with van der Waals surface area (Å²) in [5.41, 5.74) is 0.932. The van der Waals surface area contributed by atoms with Gasteiger partial charge in [-0.05, 0) is 18.3 Å². The summed E-state index contributed by atoms with van der Waals surface area (Å²) < 4.78 is 25.7. The Hall–Kier alpha value is -1.58. The van der Waals surface area contributed by atoms with Crippen molar-refractivity contribution in [3.63, 3.8) is 0 Å². The highest BCUT2D eigenvalue weighted by Crippen LogP contribution is 2.27. The number of aromatic nitrogens is 1. The van der Waals surface area contributed by atoms with Crippen LogP contribution in [-0.4, -0.2) is 10.1 Å². The second kappa shape index (κ2) is 3.29. The molecule has 5 heteroatoms. The highest BCUT2D eigenvalue weighted by Gasteiger charge is 2.08. The minimum absolute atomic E-state index is 0.453. The largest absolute Gasteiger partial charge is 0.359 e. The van der Waals surface area contributed by atoms with E-state index in [0.29, 0.717) is 16.6 Å². The van der Waals surface area contributed by atoms with Crippen molar-refractivity contribution in [1.82, 2.24) is 4.98 Å². The van der Waals surface area contributed by atoms with Crippen molar-refractivity contribution in [1.29, 1.82) is 0 Å². The molecule has 0 amide bonds. The van der Waals surface area contributed by atoms with Crippen LogP contribution >= 0.6 is 12.2 Å². The summed E-state index contributed by atoms with van der Waals surface area (Å²) in [6.07, 6.45) is 1.52. The minimum atomic E-state index is -0.905. The Labute approximate surface area is 83.3 Å². The molecule has 2 rings (SSSR count). The number of nitrogens with zero attached hydrogens (tertiary/aromatic N) is 1. The highest BCUT2D eigenvalue weighted by molar-refractivity contribution is 7.78. The number of nitrogens with one attached hydrogen (secondary N) is 1. The zero-order chi connectivity index (χ0) is 10.1. The first kappa shape index (κ1) is 8.99. The van der Waals surface area contributed by atoms with Gasteiger partial charge >= 0.3 is 0 Å². The quantitative estimate of drug-likeness (QED) is 0.568. The van der Waals surface area contributed by atoms with Crippen LogP contribution in [0.1, 0.15) is 0 Å². The molecule has 0 atom stereocenters. The van der Waals surface area contributed by atoms with Crippen LogP contribution in [0, 0.1) is 11.6 Å². The Morgan fingerprint density at radius 2 is 2.00 bits per heavy atom. The number of aromatic amines is 1. The van der Waals surface area contributed by atoms with E-state index >= 15 is 0 Å². The molecule has 0 aliphatic heterocycles. The van der Waals surface area contributed by atoms with Gasteiger partial charge in [-0.3, -0.25) is 0 Å². The molecule has 2 aromatic rings. The molecule has 0 unspecified atom stereocenters. The summed E-state index contributed by atoms with van der Waals surface area (Å²) in [5, 5.41) is 2.66. The number of halogens is 2. The summed E-state index contributed by atoms with van der Waals surface area (Å²) in [6, 6.07) is 2.15. The smallest absolute Gasteiger partial charge is 0.160 e. The van der Waals surface area contributed by atoms with Gasteiger partial charge in [0.25, 0.3) is 0 Å². The Morgan fingerprint density at radius 1 is 1.29 bits per heavy atom. The van der Waals surface area contributed by atoms with Crippen molar-refractivity contribution in [2.45, 2.75) is 0 Å². The molecule has 0 saturated carbocycles. The molecule has 1 heterocycles. The van der Waals surface area contributed by atoms with E-state index in [-0.39, 0.29) is 0 Å². The van der Waals surface area contributed by atoms with Gasteiger partial charge in [0.1, 0.15) is 0 Å². The Bertz CT molecular complexity index is 541. The lowest BCUT2D eigenvalue weighted by molar-refractivity contribution is 0.511. The predicted octanol–water partition coefficient (Wildman–Crippen LogP) is 3.18. The lowest BCUT2D eigenvalue weighted by Crippen LogP contribution is -1.81. The van der Waals surface area contributed by atoms with E-state index in [1.54, 1.807) is 0 Å². The third kappa shape index (κ3) is 1.32. The van der Waals surface area contributed by atoms with Gasteiger partial charge in [-0.2, -0.15) is 4.99 Å². The summed E-state index contributed by atoms with van der Waals surface area (Å²) >= 11 is 4.42. The standard InChI is InChI=1S/C9H4F2N2S/c10-6-1-5-8(2-7(6)11)12-3-9(5)13-4-14/h1-3,12H. The van der Waals surface area contributed by atoms with Crippen molar-refractivity contribution in [2.24, 2.45) is 4.99 Å². The summed E-state index contributed by atoms with van der Waals surface area (Å²) in [4.78, 5) is 6.46. The van der Waals surface area contributed by atoms with E-state index in [1.807, 2.05) is 0 Å². The molecule has 14 heavy (non-hydrogen) atoms. The molecule has 0 aliphatic rings. The lowest BCUT2D eigenvalue weighted by atomic mass is 10.2. The Balaban J connectivity index is 2.79. The van der Waals surface area contributed by atoms with Gasteiger partial charge in [0.2, 0.25) is 0 Å². The second-order valence-electron chi connectivity index (χ2n) is 2.69. The number of isothiocyanates is 1. The van der Waals surface area contributed by atoms with Gasteiger partial charge in [0.05, 0.1) is 16.4 Å². The van der Waals surface area contributed by atoms with Gasteiger partial charge in [-0.15, -0.1) is 0 Å². The van der Waals surface area contributed by atoms with E-state index in [9.17, 15) is 8.78 Å². The highest BCUT2D eigenvalue weighted by atomic mass is 32.1. The van der Waals surface area contributed by atoms with Crippen molar-refractivity contribution >= 4 is 34.0 Å². The van der Waals surface area contributed by atoms with Crippen molar-refractivity contribution in [3.05, 3.63) is 30.0 Å². The second-order valence-corrected chi connectivity index (χ2v) is 2.87. The third-order valence-corrected chi connectivity index (χ3v) is 1.96. The fourth-order valence-corrected chi connectivity index (χ4v) is 1.34. The molecular weight excluding hydrogens is 206 g/mol. The van der Waals surface area contributed by atoms with Crippen molar-refractivity contribution in [2.75, 3.05) is 0 Å². The zero-order valence-corrected chi connectivity index (χ0v) is 7.66. The van der Waals surface area contributed by atoms with E-state index in [0.717, 1.165) is 12.1 Å². The fraction of sp³-hybridized carbons (Fsp3) is 0. The van der Waals surface area contributed by atoms with Crippen molar-refractivity contribution in [3.8, 4) is 0 Å². The first-order chi connectivity index (χ1) is 6.72. The topological polar surface area (TPSA) is 28.1 Å². The molecule has 2 nitrogen and oxygen atoms in total. The van der Waals surface area contributed by atoms with Crippen molar-refractivity contribution < 1.29 is 8.78 Å². The summed E-state index contributed by atoms with van der Waals surface area (Å²) in [5.74, 6) is -1.80. The zero-order valence-electron chi connectivity index (χ0n) is 6.84. The summed E-state index contributed by atoms with van der Waals surface area (Å²) in [7, 11) is 0. The van der Waals surface area contributed by atoms with Gasteiger partial charge in [0.15, 0.2) is 11.6 Å². The van der Waals surface area contributed by atoms with E-state index in [1.165, 1.54) is 6.20 Å². The first-order valence-electron chi connectivity index (χ1n) is 3.76. The monoisotopic (exact) mass is 210 g/mol. The van der Waals surface area contributed by atoms with Crippen LogP contribution in [0.5, 0.6) is 0 Å². The molecule has 1 N–H and O–H groups in total. The Kier molecular flexibility index (Phi) is 2.11. The molecule has 0 radical (unpaired) electrons. The molecular formula is C9H4F2N2S. The normalized spacial score (nSPS) is 10.1. The number of rotatable bonds is 1. The molecule has 0 spiro atoms. The number of thiocarbonyl (C=S) groups is 1. The maximum Gasteiger partial charge on any atom is 0.160 e. The van der Waals surface area contributed by atoms with Crippen LogP contribution < -0.4 is 0 Å². The molecule has 70 valence electrons. The molecule has 1 aromatic carbocycles. The molecule has 0 fully saturated rings. The number of hydrogen-bond acceptors (Lipinski definition) is 2. The van der Waals surface area contributed by atoms with E-state index in [4.69, 9.17) is 0 Å². The Morgan fingerprint density at radius 3 is 2.71 bits per heavy atom. The van der Waals surface area contributed by atoms with Crippen LogP contribution in [0.25, 0.3) is 10.9 Å². The van der Waals surface area contributed by atoms with Gasteiger partial charge in [0, 0.05) is 17.6 Å². The maximum absolute atomic E-state index is 12.9. The molecule has 0 saturated heterocycles. The first-order valence-corrected chi connectivity index (χ1v) is 4.17.